The molecule has 9 heteroatoms. The highest BCUT2D eigenvalue weighted by molar-refractivity contribution is 6.34. The second-order valence-corrected chi connectivity index (χ2v) is 4.64. The van der Waals surface area contributed by atoms with Crippen molar-refractivity contribution < 1.29 is 9.59 Å². The summed E-state index contributed by atoms with van der Waals surface area (Å²) in [5.41, 5.74) is 6.10. The fraction of sp³-hybridized carbons (Fsp3) is 0. The lowest BCUT2D eigenvalue weighted by atomic mass is 10.2. The van der Waals surface area contributed by atoms with E-state index in [1.54, 1.807) is 24.3 Å². The predicted octanol–water partition coefficient (Wildman–Crippen LogP) is 2.53. The molecule has 2 aromatic rings. The van der Waals surface area contributed by atoms with Crippen molar-refractivity contribution >= 4 is 46.5 Å². The monoisotopic (exact) mass is 325 g/mol. The third-order valence-electron chi connectivity index (χ3n) is 2.37. The van der Waals surface area contributed by atoms with Crippen molar-refractivity contribution in [3.05, 3.63) is 46.2 Å². The number of amides is 3. The molecule has 0 saturated heterocycles. The number of nitrogens with two attached hydrogens (primary N) is 1. The quantitative estimate of drug-likeness (QED) is 0.805. The van der Waals surface area contributed by atoms with Crippen molar-refractivity contribution in [2.45, 2.75) is 0 Å². The zero-order valence-electron chi connectivity index (χ0n) is 10.4. The molecule has 2 rings (SSSR count). The SMILES string of the molecule is NC(=O)Nc1ccc(NC(=O)c2cc(Cl)nnc2Cl)cc1. The van der Waals surface area contributed by atoms with Gasteiger partial charge in [-0.25, -0.2) is 4.79 Å². The number of hydrogen-bond donors (Lipinski definition) is 3. The fourth-order valence-electron chi connectivity index (χ4n) is 1.49. The molecular weight excluding hydrogens is 317 g/mol. The molecule has 3 amide bonds. The maximum Gasteiger partial charge on any atom is 0.316 e. The Kier molecular flexibility index (Phi) is 4.56. The zero-order chi connectivity index (χ0) is 15.4. The van der Waals surface area contributed by atoms with Gasteiger partial charge in [0.15, 0.2) is 10.3 Å². The normalized spacial score (nSPS) is 10.0. The first kappa shape index (κ1) is 15.0. The standard InChI is InChI=1S/C12H9Cl2N5O2/c13-9-5-8(10(14)19-18-9)11(20)16-6-1-3-7(4-2-6)17-12(15)21/h1-5H,(H,16,20)(H3,15,17,21). The summed E-state index contributed by atoms with van der Waals surface area (Å²) in [4.78, 5) is 22.7. The second-order valence-electron chi connectivity index (χ2n) is 3.89. The Morgan fingerprint density at radius 2 is 1.57 bits per heavy atom. The molecule has 0 unspecified atom stereocenters. The molecule has 7 nitrogen and oxygen atoms in total. The molecule has 0 fully saturated rings. The number of carbonyl (C=O) groups excluding carboxylic acids is 2. The molecule has 0 aliphatic carbocycles. The number of primary amides is 1. The third-order valence-corrected chi connectivity index (χ3v) is 2.84. The van der Waals surface area contributed by atoms with Crippen LogP contribution in [-0.2, 0) is 0 Å². The molecule has 4 N–H and O–H groups in total. The predicted molar refractivity (Wildman–Crippen MR) is 79.7 cm³/mol. The number of nitrogens with zero attached hydrogens (tertiary/aromatic N) is 2. The number of rotatable bonds is 3. The van der Waals surface area contributed by atoms with Gasteiger partial charge in [-0.1, -0.05) is 23.2 Å². The van der Waals surface area contributed by atoms with Crippen molar-refractivity contribution in [2.75, 3.05) is 10.6 Å². The molecule has 108 valence electrons. The maximum absolute atomic E-state index is 12.0. The lowest BCUT2D eigenvalue weighted by Gasteiger charge is -2.07. The van der Waals surface area contributed by atoms with Crippen LogP contribution in [0.1, 0.15) is 10.4 Å². The fourth-order valence-corrected chi connectivity index (χ4v) is 1.81. The minimum Gasteiger partial charge on any atom is -0.351 e. The van der Waals surface area contributed by atoms with E-state index in [0.717, 1.165) is 0 Å². The van der Waals surface area contributed by atoms with E-state index in [9.17, 15) is 9.59 Å². The van der Waals surface area contributed by atoms with Gasteiger partial charge in [0.25, 0.3) is 5.91 Å². The number of halogens is 2. The van der Waals surface area contributed by atoms with Crippen LogP contribution in [0.3, 0.4) is 0 Å². The van der Waals surface area contributed by atoms with Crippen LogP contribution in [-0.4, -0.2) is 22.1 Å². The summed E-state index contributed by atoms with van der Waals surface area (Å²) in [6.07, 6.45) is 0. The summed E-state index contributed by atoms with van der Waals surface area (Å²) in [5.74, 6) is -0.479. The minimum atomic E-state index is -0.670. The highest BCUT2D eigenvalue weighted by Crippen LogP contribution is 2.18. The van der Waals surface area contributed by atoms with Gasteiger partial charge in [-0.2, -0.15) is 0 Å². The van der Waals surface area contributed by atoms with E-state index < -0.39 is 11.9 Å². The first-order chi connectivity index (χ1) is 9.95. The van der Waals surface area contributed by atoms with Crippen LogP contribution in [0.4, 0.5) is 16.2 Å². The largest absolute Gasteiger partial charge is 0.351 e. The minimum absolute atomic E-state index is 0.0519. The van der Waals surface area contributed by atoms with Crippen LogP contribution in [0.15, 0.2) is 30.3 Å². The molecule has 1 aromatic heterocycles. The van der Waals surface area contributed by atoms with Gasteiger partial charge in [0, 0.05) is 11.4 Å². The number of carbonyl (C=O) groups is 2. The lowest BCUT2D eigenvalue weighted by molar-refractivity contribution is 0.102. The van der Waals surface area contributed by atoms with Crippen LogP contribution in [0.5, 0.6) is 0 Å². The summed E-state index contributed by atoms with van der Waals surface area (Å²) in [6, 6.07) is 6.99. The van der Waals surface area contributed by atoms with Crippen LogP contribution in [0.25, 0.3) is 0 Å². The Morgan fingerprint density at radius 1 is 1.00 bits per heavy atom. The maximum atomic E-state index is 12.0. The highest BCUT2D eigenvalue weighted by Gasteiger charge is 2.13. The number of urea groups is 1. The Morgan fingerprint density at radius 3 is 2.14 bits per heavy atom. The van der Waals surface area contributed by atoms with Crippen LogP contribution < -0.4 is 16.4 Å². The van der Waals surface area contributed by atoms with Crippen molar-refractivity contribution in [3.8, 4) is 0 Å². The average molecular weight is 326 g/mol. The second kappa shape index (κ2) is 6.38. The molecule has 0 aliphatic heterocycles. The van der Waals surface area contributed by atoms with Crippen molar-refractivity contribution in [2.24, 2.45) is 5.73 Å². The van der Waals surface area contributed by atoms with E-state index in [4.69, 9.17) is 28.9 Å². The van der Waals surface area contributed by atoms with Gasteiger partial charge in [-0.15, -0.1) is 10.2 Å². The summed E-state index contributed by atoms with van der Waals surface area (Å²) in [7, 11) is 0. The topological polar surface area (TPSA) is 110 Å². The van der Waals surface area contributed by atoms with Crippen molar-refractivity contribution in [3.63, 3.8) is 0 Å². The number of benzene rings is 1. The van der Waals surface area contributed by atoms with Crippen molar-refractivity contribution in [1.82, 2.24) is 10.2 Å². The average Bonchev–Trinajstić information content (AvgIpc) is 2.43. The molecule has 0 spiro atoms. The van der Waals surface area contributed by atoms with E-state index >= 15 is 0 Å². The molecule has 1 aromatic carbocycles. The van der Waals surface area contributed by atoms with E-state index in [0.29, 0.717) is 11.4 Å². The van der Waals surface area contributed by atoms with Gasteiger partial charge in [-0.05, 0) is 30.3 Å². The van der Waals surface area contributed by atoms with Gasteiger partial charge in [0.1, 0.15) is 0 Å². The molecule has 0 aliphatic rings. The Hall–Kier alpha value is -2.38. The summed E-state index contributed by atoms with van der Waals surface area (Å²) in [6.45, 7) is 0. The van der Waals surface area contributed by atoms with Crippen LogP contribution in [0.2, 0.25) is 10.3 Å². The van der Waals surface area contributed by atoms with E-state index in [2.05, 4.69) is 20.8 Å². The first-order valence-electron chi connectivity index (χ1n) is 5.62. The number of nitrogens with one attached hydrogen (secondary N) is 2. The van der Waals surface area contributed by atoms with Crippen LogP contribution >= 0.6 is 23.2 Å². The summed E-state index contributed by atoms with van der Waals surface area (Å²) in [5, 5.41) is 12.1. The summed E-state index contributed by atoms with van der Waals surface area (Å²) >= 11 is 11.5. The van der Waals surface area contributed by atoms with Gasteiger partial charge in [-0.3, -0.25) is 4.79 Å². The van der Waals surface area contributed by atoms with E-state index in [1.807, 2.05) is 0 Å². The van der Waals surface area contributed by atoms with Crippen LogP contribution in [0, 0.1) is 0 Å². The molecule has 0 saturated carbocycles. The Bertz CT molecular complexity index is 691. The summed E-state index contributed by atoms with van der Waals surface area (Å²) < 4.78 is 0. The van der Waals surface area contributed by atoms with Gasteiger partial charge < -0.3 is 16.4 Å². The third kappa shape index (κ3) is 4.04. The molecule has 0 radical (unpaired) electrons. The van der Waals surface area contributed by atoms with Gasteiger partial charge >= 0.3 is 6.03 Å². The lowest BCUT2D eigenvalue weighted by Crippen LogP contribution is -2.19. The Balaban J connectivity index is 2.12. The molecule has 0 bridgehead atoms. The van der Waals surface area contributed by atoms with E-state index in [1.165, 1.54) is 6.07 Å². The van der Waals surface area contributed by atoms with Crippen molar-refractivity contribution in [1.29, 1.82) is 0 Å². The highest BCUT2D eigenvalue weighted by atomic mass is 35.5. The molecule has 21 heavy (non-hydrogen) atoms. The number of hydrogen-bond acceptors (Lipinski definition) is 4. The first-order valence-corrected chi connectivity index (χ1v) is 6.38. The smallest absolute Gasteiger partial charge is 0.316 e. The molecular formula is C12H9Cl2N5O2. The van der Waals surface area contributed by atoms with Gasteiger partial charge in [0.05, 0.1) is 5.56 Å². The van der Waals surface area contributed by atoms with E-state index in [-0.39, 0.29) is 15.9 Å². The molecule has 0 atom stereocenters. The van der Waals surface area contributed by atoms with Gasteiger partial charge in [0.2, 0.25) is 0 Å². The zero-order valence-corrected chi connectivity index (χ0v) is 11.9. The number of anilines is 2. The molecule has 1 heterocycles. The Labute approximate surface area is 129 Å². The number of aromatic nitrogens is 2.